The highest BCUT2D eigenvalue weighted by Gasteiger charge is 2.48. The monoisotopic (exact) mass is 277 g/mol. The van der Waals surface area contributed by atoms with Crippen molar-refractivity contribution in [2.75, 3.05) is 6.61 Å². The number of epoxide rings is 1. The van der Waals surface area contributed by atoms with Crippen molar-refractivity contribution < 1.29 is 14.3 Å². The SMILES string of the molecule is CC(C)(C)OC(=O)N[C@@H](Cc1ccccc1)C1(C)CO1. The Hall–Kier alpha value is -1.55. The maximum Gasteiger partial charge on any atom is 0.407 e. The molecule has 2 rings (SSSR count). The van der Waals surface area contributed by atoms with Crippen LogP contribution in [0.3, 0.4) is 0 Å². The topological polar surface area (TPSA) is 50.9 Å². The maximum absolute atomic E-state index is 11.9. The molecule has 0 aromatic heterocycles. The molecule has 1 fully saturated rings. The van der Waals surface area contributed by atoms with Gasteiger partial charge in [0.1, 0.15) is 11.2 Å². The molecule has 1 unspecified atom stereocenters. The molecule has 0 spiro atoms. The zero-order valence-electron chi connectivity index (χ0n) is 12.6. The molecule has 2 atom stereocenters. The summed E-state index contributed by atoms with van der Waals surface area (Å²) < 4.78 is 10.8. The van der Waals surface area contributed by atoms with E-state index in [2.05, 4.69) is 17.4 Å². The lowest BCUT2D eigenvalue weighted by Crippen LogP contribution is -2.47. The van der Waals surface area contributed by atoms with Crippen LogP contribution in [0.25, 0.3) is 0 Å². The number of hydrogen-bond donors (Lipinski definition) is 1. The van der Waals surface area contributed by atoms with Crippen molar-refractivity contribution in [1.82, 2.24) is 5.32 Å². The standard InChI is InChI=1S/C16H23NO3/c1-15(2,3)20-14(18)17-13(16(4)11-19-16)10-12-8-6-5-7-9-12/h5-9,13H,10-11H2,1-4H3,(H,17,18)/t13-,16?/m0/s1. The van der Waals surface area contributed by atoms with Crippen molar-refractivity contribution in [3.63, 3.8) is 0 Å². The van der Waals surface area contributed by atoms with Crippen molar-refractivity contribution >= 4 is 6.09 Å². The Morgan fingerprint density at radius 2 is 2.00 bits per heavy atom. The smallest absolute Gasteiger partial charge is 0.407 e. The minimum absolute atomic E-state index is 0.0836. The molecule has 4 heteroatoms. The van der Waals surface area contributed by atoms with E-state index in [0.717, 1.165) is 6.42 Å². The molecule has 1 aliphatic heterocycles. The number of carbonyl (C=O) groups is 1. The Bertz CT molecular complexity index is 460. The van der Waals surface area contributed by atoms with Crippen LogP contribution >= 0.6 is 0 Å². The fraction of sp³-hybridized carbons (Fsp3) is 0.562. The summed E-state index contributed by atoms with van der Waals surface area (Å²) in [4.78, 5) is 11.9. The number of amides is 1. The molecular weight excluding hydrogens is 254 g/mol. The predicted octanol–water partition coefficient (Wildman–Crippen LogP) is 2.91. The Morgan fingerprint density at radius 1 is 1.40 bits per heavy atom. The van der Waals surface area contributed by atoms with Gasteiger partial charge in [-0.3, -0.25) is 0 Å². The van der Waals surface area contributed by atoms with Crippen molar-refractivity contribution in [3.05, 3.63) is 35.9 Å². The summed E-state index contributed by atoms with van der Waals surface area (Å²) in [5.74, 6) is 0. The molecule has 0 aliphatic carbocycles. The third-order valence-electron chi connectivity index (χ3n) is 3.31. The second-order valence-electron chi connectivity index (χ2n) is 6.49. The third-order valence-corrected chi connectivity index (χ3v) is 3.31. The van der Waals surface area contributed by atoms with Crippen LogP contribution in [0.15, 0.2) is 30.3 Å². The lowest BCUT2D eigenvalue weighted by molar-refractivity contribution is 0.0476. The average Bonchev–Trinajstić information content (AvgIpc) is 3.07. The van der Waals surface area contributed by atoms with E-state index in [1.165, 1.54) is 5.56 Å². The van der Waals surface area contributed by atoms with Crippen LogP contribution in [0.4, 0.5) is 4.79 Å². The van der Waals surface area contributed by atoms with Crippen LogP contribution in [0.1, 0.15) is 33.3 Å². The van der Waals surface area contributed by atoms with Crippen molar-refractivity contribution in [1.29, 1.82) is 0 Å². The first-order valence-corrected chi connectivity index (χ1v) is 6.96. The lowest BCUT2D eigenvalue weighted by Gasteiger charge is -2.26. The van der Waals surface area contributed by atoms with Gasteiger partial charge < -0.3 is 14.8 Å². The number of benzene rings is 1. The summed E-state index contributed by atoms with van der Waals surface area (Å²) in [7, 11) is 0. The van der Waals surface area contributed by atoms with Crippen molar-refractivity contribution in [2.45, 2.75) is 51.4 Å². The van der Waals surface area contributed by atoms with E-state index in [1.54, 1.807) is 0 Å². The lowest BCUT2D eigenvalue weighted by atomic mass is 9.95. The molecule has 1 aromatic rings. The molecule has 1 saturated heterocycles. The minimum atomic E-state index is -0.493. The summed E-state index contributed by atoms with van der Waals surface area (Å²) in [6.07, 6.45) is 0.339. The third kappa shape index (κ3) is 4.23. The molecule has 4 nitrogen and oxygen atoms in total. The van der Waals surface area contributed by atoms with E-state index in [-0.39, 0.29) is 11.6 Å². The van der Waals surface area contributed by atoms with Gasteiger partial charge in [0.25, 0.3) is 0 Å². The summed E-state index contributed by atoms with van der Waals surface area (Å²) in [5, 5.41) is 2.94. The van der Waals surface area contributed by atoms with Crippen molar-refractivity contribution in [3.8, 4) is 0 Å². The molecular formula is C16H23NO3. The molecule has 1 heterocycles. The molecule has 110 valence electrons. The Morgan fingerprint density at radius 3 is 2.50 bits per heavy atom. The zero-order valence-corrected chi connectivity index (χ0v) is 12.6. The minimum Gasteiger partial charge on any atom is -0.444 e. The van der Waals surface area contributed by atoms with E-state index >= 15 is 0 Å². The fourth-order valence-electron chi connectivity index (χ4n) is 2.03. The van der Waals surface area contributed by atoms with Gasteiger partial charge in [0, 0.05) is 0 Å². The van der Waals surface area contributed by atoms with Crippen LogP contribution < -0.4 is 5.32 Å². The number of rotatable bonds is 4. The van der Waals surface area contributed by atoms with Crippen molar-refractivity contribution in [2.24, 2.45) is 0 Å². The van der Waals surface area contributed by atoms with Gasteiger partial charge in [0.2, 0.25) is 0 Å². The van der Waals surface area contributed by atoms with Gasteiger partial charge in [-0.15, -0.1) is 0 Å². The van der Waals surface area contributed by atoms with Gasteiger partial charge in [-0.1, -0.05) is 30.3 Å². The molecule has 1 amide bonds. The van der Waals surface area contributed by atoms with E-state index in [4.69, 9.17) is 9.47 Å². The molecule has 1 aliphatic rings. The van der Waals surface area contributed by atoms with E-state index in [1.807, 2.05) is 45.9 Å². The first kappa shape index (κ1) is 14.9. The average molecular weight is 277 g/mol. The fourth-order valence-corrected chi connectivity index (χ4v) is 2.03. The zero-order chi connectivity index (χ0) is 14.8. The summed E-state index contributed by atoms with van der Waals surface area (Å²) in [5.41, 5.74) is 0.393. The first-order valence-electron chi connectivity index (χ1n) is 6.96. The van der Waals surface area contributed by atoms with Gasteiger partial charge in [-0.2, -0.15) is 0 Å². The quantitative estimate of drug-likeness (QED) is 0.861. The van der Waals surface area contributed by atoms with E-state index in [0.29, 0.717) is 6.61 Å². The number of nitrogens with one attached hydrogen (secondary N) is 1. The van der Waals surface area contributed by atoms with Gasteiger partial charge in [0.15, 0.2) is 0 Å². The Labute approximate surface area is 120 Å². The Kier molecular flexibility index (Phi) is 4.04. The van der Waals surface area contributed by atoms with Crippen LogP contribution in [0.5, 0.6) is 0 Å². The Balaban J connectivity index is 2.00. The van der Waals surface area contributed by atoms with Crippen LogP contribution in [-0.4, -0.2) is 29.9 Å². The highest BCUT2D eigenvalue weighted by atomic mass is 16.6. The van der Waals surface area contributed by atoms with Crippen LogP contribution in [0, 0.1) is 0 Å². The molecule has 0 bridgehead atoms. The summed E-state index contributed by atoms with van der Waals surface area (Å²) >= 11 is 0. The first-order chi connectivity index (χ1) is 9.28. The van der Waals surface area contributed by atoms with E-state index < -0.39 is 11.7 Å². The molecule has 1 aromatic carbocycles. The number of ether oxygens (including phenoxy) is 2. The molecule has 0 saturated carbocycles. The normalized spacial score (nSPS) is 23.0. The van der Waals surface area contributed by atoms with Gasteiger partial charge in [0.05, 0.1) is 12.6 Å². The van der Waals surface area contributed by atoms with Gasteiger partial charge >= 0.3 is 6.09 Å². The summed E-state index contributed by atoms with van der Waals surface area (Å²) in [6.45, 7) is 8.24. The molecule has 1 N–H and O–H groups in total. The number of carbonyl (C=O) groups excluding carboxylic acids is 1. The van der Waals surface area contributed by atoms with Gasteiger partial charge in [-0.05, 0) is 39.7 Å². The second-order valence-corrected chi connectivity index (χ2v) is 6.49. The number of hydrogen-bond acceptors (Lipinski definition) is 3. The predicted molar refractivity (Wildman–Crippen MR) is 77.7 cm³/mol. The van der Waals surface area contributed by atoms with Crippen LogP contribution in [-0.2, 0) is 15.9 Å². The maximum atomic E-state index is 11.9. The summed E-state index contributed by atoms with van der Waals surface area (Å²) in [6, 6.07) is 9.99. The molecule has 0 radical (unpaired) electrons. The largest absolute Gasteiger partial charge is 0.444 e. The highest BCUT2D eigenvalue weighted by Crippen LogP contribution is 2.32. The van der Waals surface area contributed by atoms with E-state index in [9.17, 15) is 4.79 Å². The number of alkyl carbamates (subject to hydrolysis) is 1. The second kappa shape index (κ2) is 5.44. The highest BCUT2D eigenvalue weighted by molar-refractivity contribution is 5.68. The molecule has 20 heavy (non-hydrogen) atoms. The van der Waals surface area contributed by atoms with Gasteiger partial charge in [-0.25, -0.2) is 4.79 Å². The van der Waals surface area contributed by atoms with Crippen LogP contribution in [0.2, 0.25) is 0 Å².